The molecule has 0 radical (unpaired) electrons. The van der Waals surface area contributed by atoms with E-state index in [0.29, 0.717) is 17.0 Å². The topological polar surface area (TPSA) is 85.4 Å². The maximum Gasteiger partial charge on any atom is 0.251 e. The summed E-state index contributed by atoms with van der Waals surface area (Å²) in [4.78, 5) is 16.3. The molecule has 0 fully saturated rings. The van der Waals surface area contributed by atoms with Crippen LogP contribution in [-0.2, 0) is 17.8 Å². The molecule has 0 aliphatic carbocycles. The van der Waals surface area contributed by atoms with E-state index in [4.69, 9.17) is 4.74 Å². The SMILES string of the molecule is COCc1cnc2c(Cc3cc(F)c(C)cc3F)nc(-c3ncc(F)c(O)n3)cn12. The van der Waals surface area contributed by atoms with Crippen LogP contribution in [0.2, 0.25) is 0 Å². The van der Waals surface area contributed by atoms with Gasteiger partial charge in [0.2, 0.25) is 5.82 Å². The summed E-state index contributed by atoms with van der Waals surface area (Å²) >= 11 is 0. The number of ether oxygens (including phenoxy) is 1. The van der Waals surface area contributed by atoms with Gasteiger partial charge in [0.25, 0.3) is 5.88 Å². The fraction of sp³-hybridized carbons (Fsp3) is 0.200. The molecule has 0 saturated carbocycles. The van der Waals surface area contributed by atoms with Crippen LogP contribution in [0.1, 0.15) is 22.5 Å². The van der Waals surface area contributed by atoms with Crippen molar-refractivity contribution in [1.82, 2.24) is 24.3 Å². The highest BCUT2D eigenvalue weighted by molar-refractivity contribution is 5.56. The van der Waals surface area contributed by atoms with Gasteiger partial charge < -0.3 is 9.84 Å². The number of halogens is 3. The summed E-state index contributed by atoms with van der Waals surface area (Å²) in [6.45, 7) is 1.70. The lowest BCUT2D eigenvalue weighted by Gasteiger charge is -2.10. The van der Waals surface area contributed by atoms with Crippen LogP contribution in [0.5, 0.6) is 5.88 Å². The number of hydrogen-bond acceptors (Lipinski definition) is 6. The summed E-state index contributed by atoms with van der Waals surface area (Å²) < 4.78 is 48.6. The molecular formula is C20H16F3N5O2. The molecule has 1 aromatic carbocycles. The highest BCUT2D eigenvalue weighted by Crippen LogP contribution is 2.24. The standard InChI is InChI=1S/C20H16F3N5O2/c1-10-3-14(22)11(4-13(10)21)5-16-19-25-6-12(9-30-2)28(19)8-17(26-16)18-24-7-15(23)20(29)27-18/h3-4,6-8H,5,9H2,1-2H3,(H,24,27,29). The zero-order valence-corrected chi connectivity index (χ0v) is 16.0. The van der Waals surface area contributed by atoms with Gasteiger partial charge >= 0.3 is 0 Å². The van der Waals surface area contributed by atoms with Crippen LogP contribution in [0.25, 0.3) is 17.2 Å². The van der Waals surface area contributed by atoms with Crippen molar-refractivity contribution in [1.29, 1.82) is 0 Å². The molecule has 4 aromatic rings. The maximum absolute atomic E-state index is 14.4. The first-order valence-corrected chi connectivity index (χ1v) is 8.88. The highest BCUT2D eigenvalue weighted by Gasteiger charge is 2.18. The van der Waals surface area contributed by atoms with Gasteiger partial charge in [-0.3, -0.25) is 4.40 Å². The van der Waals surface area contributed by atoms with Gasteiger partial charge in [0.15, 0.2) is 11.5 Å². The number of aromatic nitrogens is 5. The summed E-state index contributed by atoms with van der Waals surface area (Å²) in [7, 11) is 1.52. The molecule has 30 heavy (non-hydrogen) atoms. The summed E-state index contributed by atoms with van der Waals surface area (Å²) in [6.07, 6.45) is 3.89. The first-order valence-electron chi connectivity index (χ1n) is 8.88. The molecule has 0 saturated heterocycles. The summed E-state index contributed by atoms with van der Waals surface area (Å²) in [5.41, 5.74) is 1.89. The normalized spacial score (nSPS) is 11.4. The second-order valence-corrected chi connectivity index (χ2v) is 6.68. The summed E-state index contributed by atoms with van der Waals surface area (Å²) in [5, 5.41) is 9.59. The predicted octanol–water partition coefficient (Wildman–Crippen LogP) is 3.35. The minimum atomic E-state index is -0.972. The minimum absolute atomic E-state index is 0.0373. The molecule has 10 heteroatoms. The molecule has 1 N–H and O–H groups in total. The van der Waals surface area contributed by atoms with Crippen LogP contribution < -0.4 is 0 Å². The zero-order valence-electron chi connectivity index (χ0n) is 16.0. The molecule has 0 atom stereocenters. The third-order valence-electron chi connectivity index (χ3n) is 4.57. The van der Waals surface area contributed by atoms with Crippen LogP contribution in [0.3, 0.4) is 0 Å². The second kappa shape index (κ2) is 7.71. The molecule has 4 rings (SSSR count). The van der Waals surface area contributed by atoms with E-state index in [1.165, 1.54) is 14.0 Å². The number of aromatic hydroxyl groups is 1. The Morgan fingerprint density at radius 3 is 2.57 bits per heavy atom. The lowest BCUT2D eigenvalue weighted by Crippen LogP contribution is -2.06. The Morgan fingerprint density at radius 1 is 1.03 bits per heavy atom. The van der Waals surface area contributed by atoms with E-state index in [1.807, 2.05) is 0 Å². The Labute approximate surface area is 168 Å². The molecule has 0 spiro atoms. The van der Waals surface area contributed by atoms with Crippen LogP contribution in [0.4, 0.5) is 13.2 Å². The molecule has 0 unspecified atom stereocenters. The Morgan fingerprint density at radius 2 is 1.83 bits per heavy atom. The van der Waals surface area contributed by atoms with Gasteiger partial charge in [0.1, 0.15) is 17.3 Å². The van der Waals surface area contributed by atoms with Gasteiger partial charge in [-0.1, -0.05) is 0 Å². The molecule has 7 nitrogen and oxygen atoms in total. The van der Waals surface area contributed by atoms with E-state index in [9.17, 15) is 18.3 Å². The van der Waals surface area contributed by atoms with E-state index < -0.39 is 23.3 Å². The highest BCUT2D eigenvalue weighted by atomic mass is 19.1. The lowest BCUT2D eigenvalue weighted by molar-refractivity contribution is 0.181. The number of benzene rings is 1. The van der Waals surface area contributed by atoms with Crippen LogP contribution in [0, 0.1) is 24.4 Å². The van der Waals surface area contributed by atoms with Gasteiger partial charge in [-0.2, -0.15) is 9.37 Å². The van der Waals surface area contributed by atoms with Crippen molar-refractivity contribution in [3.8, 4) is 17.4 Å². The van der Waals surface area contributed by atoms with E-state index in [1.54, 1.807) is 16.8 Å². The van der Waals surface area contributed by atoms with Crippen LogP contribution >= 0.6 is 0 Å². The van der Waals surface area contributed by atoms with Crippen molar-refractivity contribution < 1.29 is 23.0 Å². The fourth-order valence-electron chi connectivity index (χ4n) is 3.07. The molecule has 3 heterocycles. The predicted molar refractivity (Wildman–Crippen MR) is 100 cm³/mol. The van der Waals surface area contributed by atoms with E-state index in [0.717, 1.165) is 18.3 Å². The number of nitrogens with zero attached hydrogens (tertiary/aromatic N) is 5. The molecule has 154 valence electrons. The largest absolute Gasteiger partial charge is 0.491 e. The number of aryl methyl sites for hydroxylation is 1. The van der Waals surface area contributed by atoms with Crippen LogP contribution in [-0.4, -0.2) is 36.6 Å². The number of hydrogen-bond donors (Lipinski definition) is 1. The van der Waals surface area contributed by atoms with Gasteiger partial charge in [0, 0.05) is 19.7 Å². The molecule has 0 amide bonds. The van der Waals surface area contributed by atoms with Gasteiger partial charge in [0.05, 0.1) is 30.4 Å². The number of rotatable bonds is 5. The molecule has 0 aliphatic heterocycles. The van der Waals surface area contributed by atoms with E-state index in [2.05, 4.69) is 19.9 Å². The third kappa shape index (κ3) is 3.57. The Hall–Kier alpha value is -3.53. The first-order chi connectivity index (χ1) is 14.4. The van der Waals surface area contributed by atoms with E-state index in [-0.39, 0.29) is 35.7 Å². The van der Waals surface area contributed by atoms with Crippen molar-refractivity contribution in [3.63, 3.8) is 0 Å². The number of imidazole rings is 1. The fourth-order valence-corrected chi connectivity index (χ4v) is 3.07. The van der Waals surface area contributed by atoms with Crippen molar-refractivity contribution in [2.45, 2.75) is 20.0 Å². The average molecular weight is 415 g/mol. The van der Waals surface area contributed by atoms with Gasteiger partial charge in [-0.25, -0.2) is 23.7 Å². The summed E-state index contributed by atoms with van der Waals surface area (Å²) in [6, 6.07) is 2.24. The Balaban J connectivity index is 1.89. The van der Waals surface area contributed by atoms with Gasteiger partial charge in [-0.05, 0) is 30.2 Å². The maximum atomic E-state index is 14.4. The number of fused-ring (bicyclic) bond motifs is 1. The second-order valence-electron chi connectivity index (χ2n) is 6.68. The van der Waals surface area contributed by atoms with Crippen molar-refractivity contribution in [2.24, 2.45) is 0 Å². The average Bonchev–Trinajstić information content (AvgIpc) is 3.11. The van der Waals surface area contributed by atoms with Crippen molar-refractivity contribution in [2.75, 3.05) is 7.11 Å². The van der Waals surface area contributed by atoms with E-state index >= 15 is 0 Å². The van der Waals surface area contributed by atoms with Gasteiger partial charge in [-0.15, -0.1) is 0 Å². The monoisotopic (exact) mass is 415 g/mol. The number of methoxy groups -OCH3 is 1. The van der Waals surface area contributed by atoms with Crippen LogP contribution in [0.15, 0.2) is 30.7 Å². The Kier molecular flexibility index (Phi) is 5.08. The zero-order chi connectivity index (χ0) is 21.4. The molecule has 3 aromatic heterocycles. The summed E-state index contributed by atoms with van der Waals surface area (Å²) in [5.74, 6) is -2.94. The molecular weight excluding hydrogens is 399 g/mol. The first kappa shape index (κ1) is 19.8. The quantitative estimate of drug-likeness (QED) is 0.538. The van der Waals surface area contributed by atoms with Crippen molar-refractivity contribution in [3.05, 3.63) is 70.7 Å². The van der Waals surface area contributed by atoms with Crippen molar-refractivity contribution >= 4 is 5.65 Å². The lowest BCUT2D eigenvalue weighted by atomic mass is 10.1. The Bertz CT molecular complexity index is 1260. The minimum Gasteiger partial charge on any atom is -0.491 e. The third-order valence-corrected chi connectivity index (χ3v) is 4.57. The smallest absolute Gasteiger partial charge is 0.251 e. The molecule has 0 aliphatic rings. The molecule has 0 bridgehead atoms.